The van der Waals surface area contributed by atoms with Crippen LogP contribution in [0.15, 0.2) is 24.3 Å². The third-order valence-corrected chi connectivity index (χ3v) is 6.27. The molecule has 0 bridgehead atoms. The lowest BCUT2D eigenvalue weighted by molar-refractivity contribution is -0.126. The molecule has 0 spiro atoms. The lowest BCUT2D eigenvalue weighted by atomic mass is 9.86. The van der Waals surface area contributed by atoms with E-state index in [4.69, 9.17) is 4.98 Å². The molecule has 26 heavy (non-hydrogen) atoms. The normalized spacial score (nSPS) is 24.8. The first-order chi connectivity index (χ1) is 12.6. The van der Waals surface area contributed by atoms with Crippen LogP contribution < -0.4 is 10.2 Å². The number of nitrogens with zero attached hydrogens (tertiary/aromatic N) is 3. The van der Waals surface area contributed by atoms with Crippen LogP contribution in [0.3, 0.4) is 0 Å². The van der Waals surface area contributed by atoms with Crippen molar-refractivity contribution in [1.82, 2.24) is 14.9 Å². The molecular weight excluding hydrogens is 324 g/mol. The first kappa shape index (κ1) is 17.4. The molecule has 140 valence electrons. The van der Waals surface area contributed by atoms with Crippen molar-refractivity contribution in [2.75, 3.05) is 18.0 Å². The van der Waals surface area contributed by atoms with Gasteiger partial charge >= 0.3 is 0 Å². The van der Waals surface area contributed by atoms with Crippen molar-refractivity contribution in [3.05, 3.63) is 24.3 Å². The Bertz CT molecular complexity index is 767. The molecule has 1 N–H and O–H groups in total. The highest BCUT2D eigenvalue weighted by Crippen LogP contribution is 2.27. The summed E-state index contributed by atoms with van der Waals surface area (Å²) >= 11 is 0. The van der Waals surface area contributed by atoms with Crippen molar-refractivity contribution >= 4 is 22.9 Å². The maximum Gasteiger partial charge on any atom is 0.223 e. The van der Waals surface area contributed by atoms with E-state index in [1.54, 1.807) is 0 Å². The zero-order chi connectivity index (χ0) is 18.1. The summed E-state index contributed by atoms with van der Waals surface area (Å²) in [6.45, 7) is 4.11. The van der Waals surface area contributed by atoms with Crippen LogP contribution in [-0.2, 0) is 11.8 Å². The van der Waals surface area contributed by atoms with Crippen molar-refractivity contribution in [1.29, 1.82) is 0 Å². The van der Waals surface area contributed by atoms with E-state index < -0.39 is 0 Å². The van der Waals surface area contributed by atoms with Gasteiger partial charge in [-0.15, -0.1) is 0 Å². The van der Waals surface area contributed by atoms with Crippen molar-refractivity contribution < 1.29 is 4.79 Å². The van der Waals surface area contributed by atoms with Gasteiger partial charge in [-0.25, -0.2) is 4.98 Å². The van der Waals surface area contributed by atoms with Crippen LogP contribution in [0.5, 0.6) is 0 Å². The summed E-state index contributed by atoms with van der Waals surface area (Å²) < 4.78 is 2.17. The molecule has 1 saturated heterocycles. The number of anilines is 1. The summed E-state index contributed by atoms with van der Waals surface area (Å²) in [6.07, 6.45) is 6.61. The number of nitrogens with one attached hydrogen (secondary N) is 1. The number of rotatable bonds is 3. The Morgan fingerprint density at radius 3 is 2.46 bits per heavy atom. The number of amides is 1. The predicted octanol–water partition coefficient (Wildman–Crippen LogP) is 3.48. The number of imidazole rings is 1. The SMILES string of the molecule is CC1CCC(NC(=O)C2CCN(c3nc4ccccc4n3C)CC2)CC1. The third kappa shape index (κ3) is 3.44. The highest BCUT2D eigenvalue weighted by atomic mass is 16.1. The van der Waals surface area contributed by atoms with Crippen molar-refractivity contribution in [2.45, 2.75) is 51.5 Å². The number of aryl methyl sites for hydroxylation is 1. The van der Waals surface area contributed by atoms with Gasteiger partial charge in [0.15, 0.2) is 0 Å². The molecule has 2 aromatic rings. The minimum atomic E-state index is 0.153. The quantitative estimate of drug-likeness (QED) is 0.918. The molecule has 5 nitrogen and oxygen atoms in total. The van der Waals surface area contributed by atoms with Gasteiger partial charge in [-0.05, 0) is 56.6 Å². The second kappa shape index (κ2) is 7.29. The maximum atomic E-state index is 12.6. The number of benzene rings is 1. The van der Waals surface area contributed by atoms with Gasteiger partial charge in [-0.1, -0.05) is 19.1 Å². The molecule has 2 fully saturated rings. The van der Waals surface area contributed by atoms with E-state index in [0.29, 0.717) is 6.04 Å². The molecule has 0 atom stereocenters. The van der Waals surface area contributed by atoms with E-state index in [1.807, 2.05) is 6.07 Å². The van der Waals surface area contributed by atoms with Crippen LogP contribution in [0.4, 0.5) is 5.95 Å². The lowest BCUT2D eigenvalue weighted by Gasteiger charge is -2.33. The molecule has 1 aromatic heterocycles. The number of piperidine rings is 1. The van der Waals surface area contributed by atoms with Gasteiger partial charge in [-0.2, -0.15) is 0 Å². The number of hydrogen-bond donors (Lipinski definition) is 1. The molecule has 2 aliphatic rings. The molecule has 5 heteroatoms. The average Bonchev–Trinajstić information content (AvgIpc) is 3.01. The van der Waals surface area contributed by atoms with Crippen LogP contribution in [0.25, 0.3) is 11.0 Å². The minimum Gasteiger partial charge on any atom is -0.353 e. The number of carbonyl (C=O) groups excluding carboxylic acids is 1. The summed E-state index contributed by atoms with van der Waals surface area (Å²) in [4.78, 5) is 19.8. The number of carbonyl (C=O) groups is 1. The Kier molecular flexibility index (Phi) is 4.88. The Morgan fingerprint density at radius 2 is 1.77 bits per heavy atom. The van der Waals surface area contributed by atoms with Crippen LogP contribution in [-0.4, -0.2) is 34.6 Å². The van der Waals surface area contributed by atoms with Crippen LogP contribution in [0.2, 0.25) is 0 Å². The van der Waals surface area contributed by atoms with E-state index in [2.05, 4.69) is 47.0 Å². The summed E-state index contributed by atoms with van der Waals surface area (Å²) in [5.41, 5.74) is 2.20. The third-order valence-electron chi connectivity index (χ3n) is 6.27. The average molecular weight is 354 g/mol. The molecule has 1 amide bonds. The summed E-state index contributed by atoms with van der Waals surface area (Å²) in [6, 6.07) is 8.65. The Hall–Kier alpha value is -2.04. The first-order valence-corrected chi connectivity index (χ1v) is 10.1. The largest absolute Gasteiger partial charge is 0.353 e. The topological polar surface area (TPSA) is 50.2 Å². The highest BCUT2D eigenvalue weighted by Gasteiger charge is 2.29. The van der Waals surface area contributed by atoms with Gasteiger partial charge in [0.2, 0.25) is 11.9 Å². The molecule has 1 aliphatic carbocycles. The molecular formula is C21H30N4O. The second-order valence-corrected chi connectivity index (χ2v) is 8.19. The first-order valence-electron chi connectivity index (χ1n) is 10.1. The Morgan fingerprint density at radius 1 is 1.08 bits per heavy atom. The molecule has 2 heterocycles. The molecule has 1 aromatic carbocycles. The van der Waals surface area contributed by atoms with E-state index in [-0.39, 0.29) is 11.8 Å². The summed E-state index contributed by atoms with van der Waals surface area (Å²) in [5, 5.41) is 3.32. The predicted molar refractivity (Wildman–Crippen MR) is 105 cm³/mol. The van der Waals surface area contributed by atoms with E-state index in [9.17, 15) is 4.79 Å². The van der Waals surface area contributed by atoms with Gasteiger partial charge in [0.1, 0.15) is 0 Å². The fourth-order valence-corrected chi connectivity index (χ4v) is 4.48. The van der Waals surface area contributed by atoms with Gasteiger partial charge in [-0.3, -0.25) is 4.79 Å². The van der Waals surface area contributed by atoms with Crippen LogP contribution in [0, 0.1) is 11.8 Å². The fraction of sp³-hybridized carbons (Fsp3) is 0.619. The maximum absolute atomic E-state index is 12.6. The monoisotopic (exact) mass is 354 g/mol. The van der Waals surface area contributed by atoms with Gasteiger partial charge in [0, 0.05) is 32.1 Å². The van der Waals surface area contributed by atoms with Crippen molar-refractivity contribution in [3.8, 4) is 0 Å². The van der Waals surface area contributed by atoms with Crippen LogP contribution in [0.1, 0.15) is 45.4 Å². The van der Waals surface area contributed by atoms with Crippen molar-refractivity contribution in [2.24, 2.45) is 18.9 Å². The Balaban J connectivity index is 1.34. The Labute approximate surface area is 155 Å². The van der Waals surface area contributed by atoms with E-state index in [1.165, 1.54) is 12.8 Å². The molecule has 4 rings (SSSR count). The lowest BCUT2D eigenvalue weighted by Crippen LogP contribution is -2.45. The fourth-order valence-electron chi connectivity index (χ4n) is 4.48. The molecule has 1 saturated carbocycles. The zero-order valence-electron chi connectivity index (χ0n) is 15.9. The summed E-state index contributed by atoms with van der Waals surface area (Å²) in [5.74, 6) is 2.26. The molecule has 0 unspecified atom stereocenters. The van der Waals surface area contributed by atoms with E-state index in [0.717, 1.165) is 61.7 Å². The zero-order valence-corrected chi connectivity index (χ0v) is 15.9. The standard InChI is InChI=1S/C21H30N4O/c1-15-7-9-17(10-8-15)22-20(26)16-11-13-25(14-12-16)21-23-18-5-3-4-6-19(18)24(21)2/h3-6,15-17H,7-14H2,1-2H3,(H,22,26). The van der Waals surface area contributed by atoms with Gasteiger partial charge in [0.25, 0.3) is 0 Å². The molecule has 0 radical (unpaired) electrons. The minimum absolute atomic E-state index is 0.153. The number of hydrogen-bond acceptors (Lipinski definition) is 3. The smallest absolute Gasteiger partial charge is 0.223 e. The second-order valence-electron chi connectivity index (χ2n) is 8.19. The number of para-hydroxylation sites is 2. The summed E-state index contributed by atoms with van der Waals surface area (Å²) in [7, 11) is 2.08. The number of fused-ring (bicyclic) bond motifs is 1. The molecule has 1 aliphatic heterocycles. The van der Waals surface area contributed by atoms with E-state index >= 15 is 0 Å². The van der Waals surface area contributed by atoms with Crippen LogP contribution >= 0.6 is 0 Å². The highest BCUT2D eigenvalue weighted by molar-refractivity contribution is 5.80. The van der Waals surface area contributed by atoms with Gasteiger partial charge < -0.3 is 14.8 Å². The van der Waals surface area contributed by atoms with Crippen molar-refractivity contribution in [3.63, 3.8) is 0 Å². The van der Waals surface area contributed by atoms with Gasteiger partial charge in [0.05, 0.1) is 11.0 Å². The number of aromatic nitrogens is 2.